The van der Waals surface area contributed by atoms with Crippen LogP contribution in [0.25, 0.3) is 0 Å². The van der Waals surface area contributed by atoms with Crippen LogP contribution >= 0.6 is 11.8 Å². The van der Waals surface area contributed by atoms with Crippen molar-refractivity contribution in [3.8, 4) is 0 Å². The summed E-state index contributed by atoms with van der Waals surface area (Å²) in [6, 6.07) is 5.20. The number of halogens is 1. The summed E-state index contributed by atoms with van der Waals surface area (Å²) in [6.07, 6.45) is 1.76. The highest BCUT2D eigenvalue weighted by molar-refractivity contribution is 8.00. The molecule has 0 spiro atoms. The minimum atomic E-state index is -0.153. The molecule has 0 aliphatic rings. The molecule has 18 heavy (non-hydrogen) atoms. The van der Waals surface area contributed by atoms with Crippen molar-refractivity contribution in [2.45, 2.75) is 43.4 Å². The maximum absolute atomic E-state index is 13.8. The van der Waals surface area contributed by atoms with Gasteiger partial charge in [0, 0.05) is 28.9 Å². The molecule has 0 radical (unpaired) electrons. The summed E-state index contributed by atoms with van der Waals surface area (Å²) in [5.74, 6) is -0.153. The van der Waals surface area contributed by atoms with Crippen molar-refractivity contribution >= 4 is 11.8 Å². The minimum absolute atomic E-state index is 0.153. The Morgan fingerprint density at radius 2 is 2.22 bits per heavy atom. The molecule has 1 unspecified atom stereocenters. The molecule has 0 saturated carbocycles. The van der Waals surface area contributed by atoms with Gasteiger partial charge in [0.1, 0.15) is 5.82 Å². The summed E-state index contributed by atoms with van der Waals surface area (Å²) < 4.78 is 13.8. The third-order valence-electron chi connectivity index (χ3n) is 2.67. The Labute approximate surface area is 113 Å². The number of hydrogen-bond donors (Lipinski definition) is 2. The van der Waals surface area contributed by atoms with Crippen LogP contribution in [0.15, 0.2) is 23.1 Å². The summed E-state index contributed by atoms with van der Waals surface area (Å²) in [4.78, 5) is 0.972. The molecule has 1 aromatic carbocycles. The lowest BCUT2D eigenvalue weighted by Crippen LogP contribution is -2.16. The Morgan fingerprint density at radius 1 is 1.44 bits per heavy atom. The van der Waals surface area contributed by atoms with Gasteiger partial charge in [-0.25, -0.2) is 4.39 Å². The topological polar surface area (TPSA) is 32.3 Å². The van der Waals surface area contributed by atoms with Crippen molar-refractivity contribution in [3.63, 3.8) is 0 Å². The lowest BCUT2D eigenvalue weighted by molar-refractivity contribution is 0.289. The summed E-state index contributed by atoms with van der Waals surface area (Å²) in [5, 5.41) is 12.4. The number of aliphatic hydroxyl groups is 1. The number of rotatable bonds is 8. The summed E-state index contributed by atoms with van der Waals surface area (Å²) >= 11 is 1.63. The van der Waals surface area contributed by atoms with Crippen LogP contribution in [0.3, 0.4) is 0 Å². The van der Waals surface area contributed by atoms with E-state index >= 15 is 0 Å². The van der Waals surface area contributed by atoms with Crippen molar-refractivity contribution in [1.29, 1.82) is 0 Å². The molecule has 0 heterocycles. The van der Waals surface area contributed by atoms with Crippen molar-refractivity contribution in [2.24, 2.45) is 0 Å². The number of nitrogens with one attached hydrogen (secondary N) is 1. The molecular weight excluding hydrogens is 249 g/mol. The highest BCUT2D eigenvalue weighted by Crippen LogP contribution is 2.29. The van der Waals surface area contributed by atoms with Crippen molar-refractivity contribution in [1.82, 2.24) is 5.32 Å². The molecule has 0 fully saturated rings. The quantitative estimate of drug-likeness (QED) is 0.562. The lowest BCUT2D eigenvalue weighted by atomic mass is 10.2. The number of benzene rings is 1. The Hall–Kier alpha value is -0.580. The predicted molar refractivity (Wildman–Crippen MR) is 75.4 cm³/mol. The number of thioether (sulfide) groups is 1. The minimum Gasteiger partial charge on any atom is -0.396 e. The fourth-order valence-electron chi connectivity index (χ4n) is 1.67. The zero-order valence-corrected chi connectivity index (χ0v) is 11.9. The van der Waals surface area contributed by atoms with E-state index in [1.54, 1.807) is 17.8 Å². The van der Waals surface area contributed by atoms with Crippen molar-refractivity contribution < 1.29 is 9.50 Å². The first-order valence-electron chi connectivity index (χ1n) is 6.44. The van der Waals surface area contributed by atoms with E-state index in [4.69, 9.17) is 5.11 Å². The van der Waals surface area contributed by atoms with E-state index in [0.29, 0.717) is 11.8 Å². The van der Waals surface area contributed by atoms with Gasteiger partial charge in [-0.1, -0.05) is 19.9 Å². The summed E-state index contributed by atoms with van der Waals surface area (Å²) in [7, 11) is 0. The average molecular weight is 271 g/mol. The number of hydrogen-bond acceptors (Lipinski definition) is 3. The molecule has 0 aromatic heterocycles. The average Bonchev–Trinajstić information content (AvgIpc) is 2.33. The van der Waals surface area contributed by atoms with E-state index in [-0.39, 0.29) is 12.4 Å². The molecule has 1 aromatic rings. The zero-order chi connectivity index (χ0) is 13.4. The fraction of sp³-hybridized carbons (Fsp3) is 0.571. The van der Waals surface area contributed by atoms with Gasteiger partial charge in [-0.3, -0.25) is 0 Å². The van der Waals surface area contributed by atoms with Crippen LogP contribution < -0.4 is 5.32 Å². The van der Waals surface area contributed by atoms with E-state index < -0.39 is 0 Å². The van der Waals surface area contributed by atoms with E-state index in [2.05, 4.69) is 19.2 Å². The second-order valence-electron chi connectivity index (χ2n) is 4.33. The fourth-order valence-corrected chi connectivity index (χ4v) is 2.79. The van der Waals surface area contributed by atoms with Crippen LogP contribution in [0, 0.1) is 5.82 Å². The lowest BCUT2D eigenvalue weighted by Gasteiger charge is -2.14. The van der Waals surface area contributed by atoms with E-state index in [1.165, 1.54) is 6.07 Å². The normalized spacial score (nSPS) is 12.7. The molecule has 1 atom stereocenters. The Kier molecular flexibility index (Phi) is 7.32. The van der Waals surface area contributed by atoms with Gasteiger partial charge < -0.3 is 10.4 Å². The molecule has 102 valence electrons. The van der Waals surface area contributed by atoms with Gasteiger partial charge >= 0.3 is 0 Å². The van der Waals surface area contributed by atoms with Crippen LogP contribution in [-0.2, 0) is 6.54 Å². The van der Waals surface area contributed by atoms with Gasteiger partial charge in [0.05, 0.1) is 0 Å². The third-order valence-corrected chi connectivity index (χ3v) is 3.94. The van der Waals surface area contributed by atoms with Crippen molar-refractivity contribution in [2.75, 3.05) is 13.2 Å². The first-order valence-corrected chi connectivity index (χ1v) is 7.32. The van der Waals surface area contributed by atoms with Gasteiger partial charge in [-0.05, 0) is 31.5 Å². The highest BCUT2D eigenvalue weighted by atomic mass is 32.2. The van der Waals surface area contributed by atoms with Gasteiger partial charge in [0.15, 0.2) is 0 Å². The maximum Gasteiger partial charge on any atom is 0.128 e. The standard InChI is InChI=1S/C14H22FNOS/c1-3-8-16-10-12-13(15)5-4-6-14(12)18-11(2)7-9-17/h4-6,11,16-17H,3,7-10H2,1-2H3. The van der Waals surface area contributed by atoms with Gasteiger partial charge in [-0.2, -0.15) is 0 Å². The SMILES string of the molecule is CCCNCc1c(F)cccc1SC(C)CCO. The molecular formula is C14H22FNOS. The Morgan fingerprint density at radius 3 is 2.89 bits per heavy atom. The summed E-state index contributed by atoms with van der Waals surface area (Å²) in [5.41, 5.74) is 0.737. The Balaban J connectivity index is 2.73. The van der Waals surface area contributed by atoms with Crippen LogP contribution in [0.5, 0.6) is 0 Å². The largest absolute Gasteiger partial charge is 0.396 e. The molecule has 4 heteroatoms. The second-order valence-corrected chi connectivity index (χ2v) is 5.81. The van der Waals surface area contributed by atoms with Crippen LogP contribution in [0.4, 0.5) is 4.39 Å². The maximum atomic E-state index is 13.8. The summed E-state index contributed by atoms with van der Waals surface area (Å²) in [6.45, 7) is 5.77. The number of aliphatic hydroxyl groups excluding tert-OH is 1. The van der Waals surface area contributed by atoms with Gasteiger partial charge in [0.2, 0.25) is 0 Å². The first kappa shape index (κ1) is 15.5. The van der Waals surface area contributed by atoms with Crippen LogP contribution in [-0.4, -0.2) is 23.5 Å². The monoisotopic (exact) mass is 271 g/mol. The predicted octanol–water partition coefficient (Wildman–Crippen LogP) is 3.19. The Bertz CT molecular complexity index is 360. The molecule has 0 bridgehead atoms. The van der Waals surface area contributed by atoms with Crippen molar-refractivity contribution in [3.05, 3.63) is 29.6 Å². The molecule has 0 aliphatic carbocycles. The second kappa shape index (κ2) is 8.51. The first-order chi connectivity index (χ1) is 8.69. The zero-order valence-electron chi connectivity index (χ0n) is 11.1. The molecule has 2 nitrogen and oxygen atoms in total. The third kappa shape index (κ3) is 4.96. The van der Waals surface area contributed by atoms with Gasteiger partial charge in [-0.15, -0.1) is 11.8 Å². The highest BCUT2D eigenvalue weighted by Gasteiger charge is 2.11. The van der Waals surface area contributed by atoms with Crippen LogP contribution in [0.2, 0.25) is 0 Å². The molecule has 0 amide bonds. The van der Waals surface area contributed by atoms with E-state index in [1.807, 2.05) is 6.07 Å². The molecule has 1 rings (SSSR count). The molecule has 0 aliphatic heterocycles. The molecule has 2 N–H and O–H groups in total. The van der Waals surface area contributed by atoms with E-state index in [0.717, 1.165) is 29.8 Å². The molecule has 0 saturated heterocycles. The van der Waals surface area contributed by atoms with Crippen LogP contribution in [0.1, 0.15) is 32.3 Å². The smallest absolute Gasteiger partial charge is 0.128 e. The van der Waals surface area contributed by atoms with E-state index in [9.17, 15) is 4.39 Å². The van der Waals surface area contributed by atoms with Gasteiger partial charge in [0.25, 0.3) is 0 Å².